The van der Waals surface area contributed by atoms with E-state index >= 15 is 0 Å². The molecule has 0 saturated carbocycles. The van der Waals surface area contributed by atoms with Gasteiger partial charge in [-0.2, -0.15) is 0 Å². The van der Waals surface area contributed by atoms with Crippen LogP contribution in [0.3, 0.4) is 0 Å². The number of ketones is 2. The van der Waals surface area contributed by atoms with Gasteiger partial charge in [-0.3, -0.25) is 14.4 Å². The summed E-state index contributed by atoms with van der Waals surface area (Å²) in [6, 6.07) is 26.1. The van der Waals surface area contributed by atoms with E-state index in [2.05, 4.69) is 20.8 Å². The van der Waals surface area contributed by atoms with Crippen LogP contribution in [0.2, 0.25) is 0 Å². The molecule has 5 rings (SSSR count). The second-order valence-electron chi connectivity index (χ2n) is 11.6. The third-order valence-electron chi connectivity index (χ3n) is 8.08. The third kappa shape index (κ3) is 7.76. The van der Waals surface area contributed by atoms with Crippen LogP contribution in [-0.4, -0.2) is 23.6 Å². The first-order valence-corrected chi connectivity index (χ1v) is 17.8. The SMILES string of the molecule is CCCCC(C)C(=O)Oc1ccc(Sc2cccc3c2C(=O)c2cccc(Sc4ccc(OC(CC)CCC)cc4)c2C3=O)cc1. The molecule has 0 N–H and O–H groups in total. The molecule has 0 saturated heterocycles. The fourth-order valence-electron chi connectivity index (χ4n) is 5.47. The lowest BCUT2D eigenvalue weighted by atomic mass is 9.84. The summed E-state index contributed by atoms with van der Waals surface area (Å²) < 4.78 is 11.7. The maximum absolute atomic E-state index is 14.0. The number of benzene rings is 4. The van der Waals surface area contributed by atoms with Gasteiger partial charge < -0.3 is 9.47 Å². The Hall–Kier alpha value is -3.81. The summed E-state index contributed by atoms with van der Waals surface area (Å²) in [5, 5.41) is 0. The Labute approximate surface area is 280 Å². The molecule has 238 valence electrons. The second kappa shape index (κ2) is 15.7. The predicted octanol–water partition coefficient (Wildman–Crippen LogP) is 10.5. The van der Waals surface area contributed by atoms with Crippen molar-refractivity contribution in [3.8, 4) is 11.5 Å². The summed E-state index contributed by atoms with van der Waals surface area (Å²) in [5.41, 5.74) is 1.69. The van der Waals surface area contributed by atoms with Crippen molar-refractivity contribution in [2.24, 2.45) is 5.92 Å². The van der Waals surface area contributed by atoms with Crippen LogP contribution < -0.4 is 9.47 Å². The fourth-order valence-corrected chi connectivity index (χ4v) is 7.43. The lowest BCUT2D eigenvalue weighted by molar-refractivity contribution is -0.138. The molecule has 1 aliphatic carbocycles. The van der Waals surface area contributed by atoms with Crippen molar-refractivity contribution in [2.45, 2.75) is 91.9 Å². The molecular weight excluding hydrogens is 613 g/mol. The van der Waals surface area contributed by atoms with Crippen LogP contribution in [0.25, 0.3) is 0 Å². The predicted molar refractivity (Wildman–Crippen MR) is 185 cm³/mol. The minimum atomic E-state index is -0.232. The third-order valence-corrected chi connectivity index (χ3v) is 10.2. The molecule has 0 aromatic heterocycles. The molecule has 2 atom stereocenters. The van der Waals surface area contributed by atoms with Crippen molar-refractivity contribution in [2.75, 3.05) is 0 Å². The van der Waals surface area contributed by atoms with Crippen LogP contribution in [-0.2, 0) is 4.79 Å². The molecule has 2 unspecified atom stereocenters. The molecular formula is C39H40O5S2. The monoisotopic (exact) mass is 652 g/mol. The second-order valence-corrected chi connectivity index (χ2v) is 13.8. The van der Waals surface area contributed by atoms with E-state index in [1.807, 2.05) is 67.6 Å². The van der Waals surface area contributed by atoms with E-state index in [0.717, 1.165) is 59.0 Å². The maximum atomic E-state index is 14.0. The standard InChI is InChI=1S/C39H40O5S2/c1-5-8-12-25(4)39(42)44-28-19-23-30(24-20-28)46-34-16-10-14-32-36(34)38(41)31-13-9-15-33(35(31)37(32)40)45-29-21-17-27(18-22-29)43-26(7-3)11-6-2/h9-10,13-26H,5-8,11-12H2,1-4H3. The zero-order valence-corrected chi connectivity index (χ0v) is 28.5. The molecule has 0 heterocycles. The van der Waals surface area contributed by atoms with Gasteiger partial charge >= 0.3 is 5.97 Å². The molecule has 4 aromatic rings. The van der Waals surface area contributed by atoms with Crippen molar-refractivity contribution in [3.63, 3.8) is 0 Å². The van der Waals surface area contributed by atoms with E-state index in [-0.39, 0.29) is 29.6 Å². The average molecular weight is 653 g/mol. The minimum Gasteiger partial charge on any atom is -0.490 e. The molecule has 1 aliphatic rings. The smallest absolute Gasteiger partial charge is 0.314 e. The quantitative estimate of drug-likeness (QED) is 0.0873. The van der Waals surface area contributed by atoms with Gasteiger partial charge in [0.15, 0.2) is 11.6 Å². The van der Waals surface area contributed by atoms with Gasteiger partial charge in [0, 0.05) is 41.8 Å². The average Bonchev–Trinajstić information content (AvgIpc) is 3.07. The van der Waals surface area contributed by atoms with E-state index in [1.54, 1.807) is 24.3 Å². The van der Waals surface area contributed by atoms with Gasteiger partial charge in [0.25, 0.3) is 0 Å². The van der Waals surface area contributed by atoms with Gasteiger partial charge in [-0.1, -0.05) is 94.7 Å². The summed E-state index contributed by atoms with van der Waals surface area (Å²) in [5.74, 6) is 0.621. The Kier molecular flexibility index (Phi) is 11.4. The maximum Gasteiger partial charge on any atom is 0.314 e. The number of carbonyl (C=O) groups is 3. The number of esters is 1. The summed E-state index contributed by atoms with van der Waals surface area (Å²) in [4.78, 5) is 43.6. The molecule has 0 aliphatic heterocycles. The molecule has 0 radical (unpaired) electrons. The van der Waals surface area contributed by atoms with Gasteiger partial charge in [-0.05, 0) is 79.9 Å². The van der Waals surface area contributed by atoms with Gasteiger partial charge in [0.2, 0.25) is 0 Å². The van der Waals surface area contributed by atoms with Gasteiger partial charge in [-0.25, -0.2) is 0 Å². The van der Waals surface area contributed by atoms with Gasteiger partial charge in [0.05, 0.1) is 12.0 Å². The number of fused-ring (bicyclic) bond motifs is 2. The van der Waals surface area contributed by atoms with E-state index in [9.17, 15) is 14.4 Å². The summed E-state index contributed by atoms with van der Waals surface area (Å²) in [6.07, 6.45) is 6.08. The van der Waals surface area contributed by atoms with Crippen LogP contribution in [0.5, 0.6) is 11.5 Å². The van der Waals surface area contributed by atoms with Crippen molar-refractivity contribution >= 4 is 41.1 Å². The zero-order chi connectivity index (χ0) is 32.6. The highest BCUT2D eigenvalue weighted by Crippen LogP contribution is 2.41. The number of hydrogen-bond donors (Lipinski definition) is 0. The summed E-state index contributed by atoms with van der Waals surface area (Å²) >= 11 is 2.89. The van der Waals surface area contributed by atoms with E-state index in [1.165, 1.54) is 23.5 Å². The molecule has 7 heteroatoms. The number of hydrogen-bond acceptors (Lipinski definition) is 7. The number of unbranched alkanes of at least 4 members (excludes halogenated alkanes) is 1. The van der Waals surface area contributed by atoms with Gasteiger partial charge in [0.1, 0.15) is 11.5 Å². The van der Waals surface area contributed by atoms with Crippen molar-refractivity contribution < 1.29 is 23.9 Å². The number of rotatable bonds is 14. The Bertz CT molecular complexity index is 1690. The van der Waals surface area contributed by atoms with E-state index in [0.29, 0.717) is 32.9 Å². The summed E-state index contributed by atoms with van der Waals surface area (Å²) in [6.45, 7) is 8.29. The fraction of sp³-hybridized carbons (Fsp3) is 0.308. The highest BCUT2D eigenvalue weighted by Gasteiger charge is 2.33. The van der Waals surface area contributed by atoms with Gasteiger partial charge in [-0.15, -0.1) is 0 Å². The van der Waals surface area contributed by atoms with Crippen molar-refractivity contribution in [1.29, 1.82) is 0 Å². The molecule has 0 amide bonds. The highest BCUT2D eigenvalue weighted by atomic mass is 32.2. The molecule has 46 heavy (non-hydrogen) atoms. The van der Waals surface area contributed by atoms with Crippen molar-refractivity contribution in [3.05, 3.63) is 107 Å². The van der Waals surface area contributed by atoms with Crippen LogP contribution in [0.4, 0.5) is 0 Å². The van der Waals surface area contributed by atoms with Crippen LogP contribution in [0, 0.1) is 5.92 Å². The van der Waals surface area contributed by atoms with Crippen LogP contribution >= 0.6 is 23.5 Å². The molecule has 0 fully saturated rings. The molecule has 5 nitrogen and oxygen atoms in total. The highest BCUT2D eigenvalue weighted by molar-refractivity contribution is 7.99. The Morgan fingerprint density at radius 2 is 1.20 bits per heavy atom. The molecule has 0 bridgehead atoms. The topological polar surface area (TPSA) is 69.7 Å². The zero-order valence-electron chi connectivity index (χ0n) is 26.8. The van der Waals surface area contributed by atoms with Crippen LogP contribution in [0.15, 0.2) is 105 Å². The number of carbonyl (C=O) groups excluding carboxylic acids is 3. The lowest BCUT2D eigenvalue weighted by Crippen LogP contribution is -2.22. The Morgan fingerprint density at radius 3 is 1.67 bits per heavy atom. The first kappa shape index (κ1) is 33.6. The molecule has 4 aromatic carbocycles. The van der Waals surface area contributed by atoms with Crippen molar-refractivity contribution in [1.82, 2.24) is 0 Å². The molecule has 0 spiro atoms. The van der Waals surface area contributed by atoms with Crippen LogP contribution in [0.1, 0.15) is 98.1 Å². The lowest BCUT2D eigenvalue weighted by Gasteiger charge is -2.22. The normalized spacial score (nSPS) is 13.5. The van der Waals surface area contributed by atoms with E-state index < -0.39 is 0 Å². The first-order chi connectivity index (χ1) is 22.3. The van der Waals surface area contributed by atoms with E-state index in [4.69, 9.17) is 9.47 Å². The Morgan fingerprint density at radius 1 is 0.674 bits per heavy atom. The Balaban J connectivity index is 1.33. The summed E-state index contributed by atoms with van der Waals surface area (Å²) in [7, 11) is 0. The number of ether oxygens (including phenoxy) is 2. The minimum absolute atomic E-state index is 0.153. The largest absolute Gasteiger partial charge is 0.490 e. The first-order valence-electron chi connectivity index (χ1n) is 16.1.